The van der Waals surface area contributed by atoms with Crippen molar-refractivity contribution in [3.05, 3.63) is 42.1 Å². The maximum absolute atomic E-state index is 5.41. The number of nitrogens with one attached hydrogen (secondary N) is 1. The van der Waals surface area contributed by atoms with Crippen molar-refractivity contribution in [2.24, 2.45) is 0 Å². The summed E-state index contributed by atoms with van der Waals surface area (Å²) in [6.07, 6.45) is 6.67. The van der Waals surface area contributed by atoms with Crippen LogP contribution in [-0.4, -0.2) is 16.3 Å². The van der Waals surface area contributed by atoms with Crippen molar-refractivity contribution in [3.63, 3.8) is 0 Å². The van der Waals surface area contributed by atoms with E-state index in [0.717, 1.165) is 25.3 Å². The highest BCUT2D eigenvalue weighted by atomic mass is 16.3. The molecule has 4 heteroatoms. The molecule has 0 spiro atoms. The summed E-state index contributed by atoms with van der Waals surface area (Å²) in [6.45, 7) is 5.97. The minimum atomic E-state index is 0.293. The second-order valence-corrected chi connectivity index (χ2v) is 4.21. The molecule has 1 N–H and O–H groups in total. The van der Waals surface area contributed by atoms with Gasteiger partial charge in [0.25, 0.3) is 0 Å². The number of furan rings is 1. The van der Waals surface area contributed by atoms with Crippen molar-refractivity contribution in [2.75, 3.05) is 6.54 Å². The van der Waals surface area contributed by atoms with Crippen molar-refractivity contribution < 1.29 is 4.42 Å². The lowest BCUT2D eigenvalue weighted by molar-refractivity contribution is 0.394. The van der Waals surface area contributed by atoms with Crippen LogP contribution in [0.15, 0.2) is 35.2 Å². The van der Waals surface area contributed by atoms with Crippen LogP contribution in [0.5, 0.6) is 0 Å². The van der Waals surface area contributed by atoms with E-state index in [9.17, 15) is 0 Å². The molecule has 0 fully saturated rings. The van der Waals surface area contributed by atoms with Gasteiger partial charge < -0.3 is 9.73 Å². The molecule has 2 aromatic rings. The fraction of sp³-hybridized carbons (Fsp3) is 0.462. The summed E-state index contributed by atoms with van der Waals surface area (Å²) in [5.74, 6) is 1.00. The van der Waals surface area contributed by atoms with Gasteiger partial charge in [-0.25, -0.2) is 0 Å². The Bertz CT molecular complexity index is 433. The average molecular weight is 233 g/mol. The molecular weight excluding hydrogens is 214 g/mol. The number of hydrogen-bond donors (Lipinski definition) is 1. The molecule has 0 radical (unpaired) electrons. The van der Waals surface area contributed by atoms with E-state index < -0.39 is 0 Å². The number of aryl methyl sites for hydroxylation is 1. The molecule has 0 aromatic carbocycles. The third-order valence-electron chi connectivity index (χ3n) is 2.79. The Labute approximate surface area is 102 Å². The maximum atomic E-state index is 5.41. The molecule has 0 aliphatic carbocycles. The highest BCUT2D eigenvalue weighted by molar-refractivity contribution is 5.04. The summed E-state index contributed by atoms with van der Waals surface area (Å²) in [6, 6.07) is 4.23. The van der Waals surface area contributed by atoms with Crippen LogP contribution in [0.3, 0.4) is 0 Å². The van der Waals surface area contributed by atoms with Crippen LogP contribution in [0, 0.1) is 6.92 Å². The lowest BCUT2D eigenvalue weighted by Gasteiger charge is -2.14. The Hall–Kier alpha value is -1.55. The van der Waals surface area contributed by atoms with Crippen LogP contribution in [0.2, 0.25) is 0 Å². The van der Waals surface area contributed by atoms with E-state index in [1.54, 1.807) is 6.26 Å². The van der Waals surface area contributed by atoms with Crippen molar-refractivity contribution >= 4 is 0 Å². The Morgan fingerprint density at radius 3 is 3.00 bits per heavy atom. The van der Waals surface area contributed by atoms with Crippen LogP contribution in [0.4, 0.5) is 0 Å². The summed E-state index contributed by atoms with van der Waals surface area (Å²) in [4.78, 5) is 0. The molecule has 0 amide bonds. The Kier molecular flexibility index (Phi) is 3.98. The van der Waals surface area contributed by atoms with Crippen molar-refractivity contribution in [2.45, 2.75) is 32.9 Å². The normalized spacial score (nSPS) is 12.8. The van der Waals surface area contributed by atoms with E-state index >= 15 is 0 Å². The van der Waals surface area contributed by atoms with Gasteiger partial charge in [-0.2, -0.15) is 5.10 Å². The molecule has 1 atom stereocenters. The van der Waals surface area contributed by atoms with Crippen molar-refractivity contribution in [3.8, 4) is 0 Å². The first-order valence-corrected chi connectivity index (χ1v) is 6.05. The third-order valence-corrected chi connectivity index (χ3v) is 2.79. The van der Waals surface area contributed by atoms with Gasteiger partial charge in [-0.1, -0.05) is 6.92 Å². The predicted octanol–water partition coefficient (Wildman–Crippen LogP) is 2.53. The molecule has 1 unspecified atom stereocenters. The van der Waals surface area contributed by atoms with Gasteiger partial charge in [0.2, 0.25) is 0 Å². The van der Waals surface area contributed by atoms with Gasteiger partial charge >= 0.3 is 0 Å². The van der Waals surface area contributed by atoms with E-state index in [-0.39, 0.29) is 0 Å². The average Bonchev–Trinajstić information content (AvgIpc) is 2.96. The fourth-order valence-corrected chi connectivity index (χ4v) is 1.88. The Morgan fingerprint density at radius 2 is 2.41 bits per heavy atom. The fourth-order valence-electron chi connectivity index (χ4n) is 1.88. The van der Waals surface area contributed by atoms with Crippen LogP contribution >= 0.6 is 0 Å². The summed E-state index contributed by atoms with van der Waals surface area (Å²) < 4.78 is 7.36. The van der Waals surface area contributed by atoms with Gasteiger partial charge in [-0.05, 0) is 31.0 Å². The Morgan fingerprint density at radius 1 is 1.53 bits per heavy atom. The van der Waals surface area contributed by atoms with Crippen LogP contribution < -0.4 is 5.32 Å². The van der Waals surface area contributed by atoms with E-state index in [0.29, 0.717) is 6.04 Å². The molecule has 17 heavy (non-hydrogen) atoms. The van der Waals surface area contributed by atoms with Gasteiger partial charge in [0.05, 0.1) is 25.0 Å². The second-order valence-electron chi connectivity index (χ2n) is 4.21. The first-order valence-electron chi connectivity index (χ1n) is 6.05. The van der Waals surface area contributed by atoms with Crippen LogP contribution in [-0.2, 0) is 6.54 Å². The van der Waals surface area contributed by atoms with E-state index in [2.05, 4.69) is 30.5 Å². The van der Waals surface area contributed by atoms with Gasteiger partial charge in [-0.3, -0.25) is 4.68 Å². The van der Waals surface area contributed by atoms with Crippen molar-refractivity contribution in [1.29, 1.82) is 0 Å². The predicted molar refractivity (Wildman–Crippen MR) is 66.7 cm³/mol. The molecular formula is C13H19N3O. The topological polar surface area (TPSA) is 43.0 Å². The highest BCUT2D eigenvalue weighted by Crippen LogP contribution is 2.16. The van der Waals surface area contributed by atoms with E-state index in [1.807, 2.05) is 23.0 Å². The number of hydrogen-bond acceptors (Lipinski definition) is 3. The minimum absolute atomic E-state index is 0.293. The van der Waals surface area contributed by atoms with Crippen LogP contribution in [0.25, 0.3) is 0 Å². The SMILES string of the molecule is CCC(NCCn1cc(C)cn1)c1ccco1. The van der Waals surface area contributed by atoms with Gasteiger partial charge in [0.1, 0.15) is 5.76 Å². The standard InChI is InChI=1S/C13H19N3O/c1-3-12(13-5-4-8-17-13)14-6-7-16-10-11(2)9-15-16/h4-5,8-10,12,14H,3,6-7H2,1-2H3. The molecule has 4 nitrogen and oxygen atoms in total. The summed E-state index contributed by atoms with van der Waals surface area (Å²) >= 11 is 0. The molecule has 0 saturated heterocycles. The zero-order chi connectivity index (χ0) is 12.1. The second kappa shape index (κ2) is 5.68. The van der Waals surface area contributed by atoms with Crippen LogP contribution in [0.1, 0.15) is 30.7 Å². The molecule has 0 bridgehead atoms. The van der Waals surface area contributed by atoms with E-state index in [1.165, 1.54) is 5.56 Å². The minimum Gasteiger partial charge on any atom is -0.468 e. The van der Waals surface area contributed by atoms with E-state index in [4.69, 9.17) is 4.42 Å². The van der Waals surface area contributed by atoms with Gasteiger partial charge in [0, 0.05) is 12.7 Å². The van der Waals surface area contributed by atoms with Gasteiger partial charge in [-0.15, -0.1) is 0 Å². The summed E-state index contributed by atoms with van der Waals surface area (Å²) in [5, 5.41) is 7.73. The zero-order valence-electron chi connectivity index (χ0n) is 10.4. The molecule has 0 aliphatic heterocycles. The number of aromatic nitrogens is 2. The first-order chi connectivity index (χ1) is 8.29. The number of nitrogens with zero attached hydrogens (tertiary/aromatic N) is 2. The summed E-state index contributed by atoms with van der Waals surface area (Å²) in [7, 11) is 0. The quantitative estimate of drug-likeness (QED) is 0.833. The molecule has 92 valence electrons. The molecule has 0 saturated carbocycles. The largest absolute Gasteiger partial charge is 0.468 e. The monoisotopic (exact) mass is 233 g/mol. The first kappa shape index (κ1) is 11.9. The van der Waals surface area contributed by atoms with Crippen molar-refractivity contribution in [1.82, 2.24) is 15.1 Å². The highest BCUT2D eigenvalue weighted by Gasteiger charge is 2.10. The summed E-state index contributed by atoms with van der Waals surface area (Å²) in [5.41, 5.74) is 1.20. The lowest BCUT2D eigenvalue weighted by atomic mass is 10.2. The zero-order valence-corrected chi connectivity index (χ0v) is 10.4. The Balaban J connectivity index is 1.81. The third kappa shape index (κ3) is 3.20. The lowest BCUT2D eigenvalue weighted by Crippen LogP contribution is -2.24. The molecule has 2 aromatic heterocycles. The molecule has 0 aliphatic rings. The molecule has 2 rings (SSSR count). The maximum Gasteiger partial charge on any atom is 0.120 e. The van der Waals surface area contributed by atoms with Gasteiger partial charge in [0.15, 0.2) is 0 Å². The molecule has 2 heterocycles. The number of rotatable bonds is 6. The smallest absolute Gasteiger partial charge is 0.120 e.